The fourth-order valence-corrected chi connectivity index (χ4v) is 2.45. The van der Waals surface area contributed by atoms with Crippen LogP contribution in [0.1, 0.15) is 36.5 Å². The van der Waals surface area contributed by atoms with E-state index < -0.39 is 18.2 Å². The first kappa shape index (κ1) is 16.5. The predicted octanol–water partition coefficient (Wildman–Crippen LogP) is 0.920. The van der Waals surface area contributed by atoms with Gasteiger partial charge in [-0.15, -0.1) is 0 Å². The molecule has 4 atom stereocenters. The molecule has 0 unspecified atom stereocenters. The number of hydrogen-bond acceptors (Lipinski definition) is 6. The van der Waals surface area contributed by atoms with Crippen molar-refractivity contribution in [1.29, 1.82) is 0 Å². The van der Waals surface area contributed by atoms with E-state index in [1.807, 2.05) is 0 Å². The van der Waals surface area contributed by atoms with Crippen LogP contribution >= 0.6 is 0 Å². The van der Waals surface area contributed by atoms with Gasteiger partial charge in [-0.25, -0.2) is 4.79 Å². The standard InChI is InChI=1S/C16H20O6/c1-3-22-15(19)12-8-11(12)9-4-6-10(7-5-9)13(17)14(18)16(20)21-2/h4-7,11-14,17-18H,3,8H2,1-2H3/t11-,12+,13-,14+/m1/s1. The number of carbonyl (C=O) groups excluding carboxylic acids is 2. The minimum absolute atomic E-state index is 0.101. The van der Waals surface area contributed by atoms with Crippen molar-refractivity contribution < 1.29 is 29.3 Å². The van der Waals surface area contributed by atoms with E-state index >= 15 is 0 Å². The molecule has 0 saturated heterocycles. The van der Waals surface area contributed by atoms with E-state index in [9.17, 15) is 19.8 Å². The molecule has 2 N–H and O–H groups in total. The monoisotopic (exact) mass is 308 g/mol. The average Bonchev–Trinajstić information content (AvgIpc) is 3.34. The normalized spacial score (nSPS) is 22.5. The highest BCUT2D eigenvalue weighted by molar-refractivity contribution is 5.77. The Labute approximate surface area is 128 Å². The maximum absolute atomic E-state index is 11.6. The molecule has 1 aromatic rings. The number of hydrogen-bond donors (Lipinski definition) is 2. The molecule has 0 aromatic heterocycles. The van der Waals surface area contributed by atoms with Gasteiger partial charge in [-0.3, -0.25) is 4.79 Å². The molecule has 120 valence electrons. The Balaban J connectivity index is 2.00. The van der Waals surface area contributed by atoms with Crippen LogP contribution < -0.4 is 0 Å². The van der Waals surface area contributed by atoms with Crippen molar-refractivity contribution in [1.82, 2.24) is 0 Å². The van der Waals surface area contributed by atoms with E-state index in [2.05, 4.69) is 4.74 Å². The predicted molar refractivity (Wildman–Crippen MR) is 76.9 cm³/mol. The molecule has 1 aliphatic rings. The van der Waals surface area contributed by atoms with Crippen LogP contribution in [-0.4, -0.2) is 42.0 Å². The van der Waals surface area contributed by atoms with Crippen LogP contribution in [0.25, 0.3) is 0 Å². The summed E-state index contributed by atoms with van der Waals surface area (Å²) < 4.78 is 9.38. The van der Waals surface area contributed by atoms with Crippen LogP contribution in [0.3, 0.4) is 0 Å². The Morgan fingerprint density at radius 3 is 2.45 bits per heavy atom. The van der Waals surface area contributed by atoms with Crippen LogP contribution in [0.5, 0.6) is 0 Å². The number of benzene rings is 1. The van der Waals surface area contributed by atoms with Gasteiger partial charge in [0, 0.05) is 0 Å². The van der Waals surface area contributed by atoms with Crippen molar-refractivity contribution in [2.24, 2.45) is 5.92 Å². The number of esters is 2. The summed E-state index contributed by atoms with van der Waals surface area (Å²) >= 11 is 0. The van der Waals surface area contributed by atoms with Crippen LogP contribution in [0, 0.1) is 5.92 Å². The van der Waals surface area contributed by atoms with Crippen LogP contribution in [0.2, 0.25) is 0 Å². The Morgan fingerprint density at radius 2 is 1.91 bits per heavy atom. The van der Waals surface area contributed by atoms with Crippen molar-refractivity contribution in [3.8, 4) is 0 Å². The summed E-state index contributed by atoms with van der Waals surface area (Å²) in [5.74, 6) is -1.04. The summed E-state index contributed by atoms with van der Waals surface area (Å²) in [6.45, 7) is 2.15. The molecule has 22 heavy (non-hydrogen) atoms. The third-order valence-electron chi connectivity index (χ3n) is 3.83. The quantitative estimate of drug-likeness (QED) is 0.759. The topological polar surface area (TPSA) is 93.1 Å². The highest BCUT2D eigenvalue weighted by atomic mass is 16.5. The number of rotatable bonds is 6. The summed E-state index contributed by atoms with van der Waals surface area (Å²) in [4.78, 5) is 22.8. The van der Waals surface area contributed by atoms with Crippen molar-refractivity contribution in [3.05, 3.63) is 35.4 Å². The smallest absolute Gasteiger partial charge is 0.337 e. The van der Waals surface area contributed by atoms with Crippen LogP contribution in [0.4, 0.5) is 0 Å². The molecular formula is C16H20O6. The minimum atomic E-state index is -1.62. The van der Waals surface area contributed by atoms with Crippen molar-refractivity contribution in [2.45, 2.75) is 31.5 Å². The van der Waals surface area contributed by atoms with E-state index in [0.717, 1.165) is 19.1 Å². The molecule has 1 aliphatic carbocycles. The Morgan fingerprint density at radius 1 is 1.27 bits per heavy atom. The van der Waals surface area contributed by atoms with Gasteiger partial charge in [-0.05, 0) is 30.4 Å². The van der Waals surface area contributed by atoms with Crippen molar-refractivity contribution in [3.63, 3.8) is 0 Å². The molecule has 0 radical (unpaired) electrons. The third-order valence-corrected chi connectivity index (χ3v) is 3.83. The summed E-state index contributed by atoms with van der Waals surface area (Å²) in [7, 11) is 1.14. The summed E-state index contributed by atoms with van der Waals surface area (Å²) in [6.07, 6.45) is -2.21. The van der Waals surface area contributed by atoms with E-state index in [1.165, 1.54) is 0 Å². The molecule has 2 rings (SSSR count). The highest BCUT2D eigenvalue weighted by Crippen LogP contribution is 2.48. The zero-order chi connectivity index (χ0) is 16.3. The largest absolute Gasteiger partial charge is 0.467 e. The number of aliphatic hydroxyl groups is 2. The zero-order valence-corrected chi connectivity index (χ0v) is 12.6. The van der Waals surface area contributed by atoms with E-state index in [-0.39, 0.29) is 17.8 Å². The summed E-state index contributed by atoms with van der Waals surface area (Å²) in [5, 5.41) is 19.5. The van der Waals surface area contributed by atoms with Gasteiger partial charge in [0.1, 0.15) is 6.10 Å². The van der Waals surface area contributed by atoms with Crippen LogP contribution in [0.15, 0.2) is 24.3 Å². The minimum Gasteiger partial charge on any atom is -0.467 e. The molecule has 1 saturated carbocycles. The lowest BCUT2D eigenvalue weighted by molar-refractivity contribution is -0.156. The highest BCUT2D eigenvalue weighted by Gasteiger charge is 2.45. The zero-order valence-electron chi connectivity index (χ0n) is 12.6. The fraction of sp³-hybridized carbons (Fsp3) is 0.500. The Hall–Kier alpha value is -1.92. The van der Waals surface area contributed by atoms with Crippen molar-refractivity contribution >= 4 is 11.9 Å². The number of methoxy groups -OCH3 is 1. The number of aliphatic hydroxyl groups excluding tert-OH is 2. The molecule has 6 heteroatoms. The Bertz CT molecular complexity index is 538. The molecule has 6 nitrogen and oxygen atoms in total. The first-order chi connectivity index (χ1) is 10.5. The molecule has 1 fully saturated rings. The molecule has 0 aliphatic heterocycles. The second-order valence-electron chi connectivity index (χ2n) is 5.28. The van der Waals surface area contributed by atoms with Gasteiger partial charge in [-0.2, -0.15) is 0 Å². The second-order valence-corrected chi connectivity index (χ2v) is 5.28. The van der Waals surface area contributed by atoms with E-state index in [4.69, 9.17) is 4.74 Å². The van der Waals surface area contributed by atoms with Gasteiger partial charge in [0.2, 0.25) is 0 Å². The third kappa shape index (κ3) is 3.45. The van der Waals surface area contributed by atoms with Crippen LogP contribution in [-0.2, 0) is 19.1 Å². The average molecular weight is 308 g/mol. The molecule has 0 bridgehead atoms. The summed E-state index contributed by atoms with van der Waals surface area (Å²) in [6, 6.07) is 6.83. The van der Waals surface area contributed by atoms with Gasteiger partial charge < -0.3 is 19.7 Å². The first-order valence-corrected chi connectivity index (χ1v) is 7.20. The fourth-order valence-electron chi connectivity index (χ4n) is 2.45. The van der Waals surface area contributed by atoms with E-state index in [1.54, 1.807) is 31.2 Å². The van der Waals surface area contributed by atoms with E-state index in [0.29, 0.717) is 12.2 Å². The lowest BCUT2D eigenvalue weighted by Gasteiger charge is -2.16. The van der Waals surface area contributed by atoms with Gasteiger partial charge in [0.05, 0.1) is 19.6 Å². The SMILES string of the molecule is CCOC(=O)[C@H]1C[C@@H]1c1ccc([C@@H](O)[C@H](O)C(=O)OC)cc1. The number of ether oxygens (including phenoxy) is 2. The second kappa shape index (κ2) is 6.89. The summed E-state index contributed by atoms with van der Waals surface area (Å²) in [5.41, 5.74) is 1.39. The maximum atomic E-state index is 11.6. The first-order valence-electron chi connectivity index (χ1n) is 7.20. The Kier molecular flexibility index (Phi) is 5.15. The van der Waals surface area contributed by atoms with Gasteiger partial charge in [0.25, 0.3) is 0 Å². The molecule has 0 amide bonds. The molecule has 0 spiro atoms. The van der Waals surface area contributed by atoms with Crippen molar-refractivity contribution in [2.75, 3.05) is 13.7 Å². The maximum Gasteiger partial charge on any atom is 0.337 e. The van der Waals surface area contributed by atoms with Gasteiger partial charge in [0.15, 0.2) is 6.10 Å². The number of carbonyl (C=O) groups is 2. The van der Waals surface area contributed by atoms with Gasteiger partial charge in [-0.1, -0.05) is 24.3 Å². The lowest BCUT2D eigenvalue weighted by Crippen LogP contribution is -2.29. The van der Waals surface area contributed by atoms with Gasteiger partial charge >= 0.3 is 11.9 Å². The molecule has 1 aromatic carbocycles. The molecular weight excluding hydrogens is 288 g/mol. The molecule has 0 heterocycles. The lowest BCUT2D eigenvalue weighted by atomic mass is 10.0.